The predicted molar refractivity (Wildman–Crippen MR) is 121 cm³/mol. The van der Waals surface area contributed by atoms with Crippen molar-refractivity contribution in [3.63, 3.8) is 0 Å². The molecule has 0 saturated carbocycles. The van der Waals surface area contributed by atoms with Crippen LogP contribution in [-0.2, 0) is 9.53 Å². The second kappa shape index (κ2) is 8.78. The van der Waals surface area contributed by atoms with E-state index in [9.17, 15) is 14.4 Å². The highest BCUT2D eigenvalue weighted by molar-refractivity contribution is 6.47. The molecule has 3 aromatic rings. The van der Waals surface area contributed by atoms with Crippen LogP contribution in [0.1, 0.15) is 31.1 Å². The van der Waals surface area contributed by atoms with Gasteiger partial charge in [0, 0.05) is 56.4 Å². The van der Waals surface area contributed by atoms with Gasteiger partial charge in [-0.1, -0.05) is 11.6 Å². The number of hydrogen-bond acceptors (Lipinski definition) is 7. The molecule has 1 aliphatic rings. The summed E-state index contributed by atoms with van der Waals surface area (Å²) in [7, 11) is 0. The summed E-state index contributed by atoms with van der Waals surface area (Å²) in [5, 5.41) is 0.642. The number of halogens is 1. The van der Waals surface area contributed by atoms with Crippen LogP contribution in [0.15, 0.2) is 31.0 Å². The molecule has 2 amide bonds. The summed E-state index contributed by atoms with van der Waals surface area (Å²) in [4.78, 5) is 56.9. The zero-order chi connectivity index (χ0) is 23.8. The van der Waals surface area contributed by atoms with Crippen molar-refractivity contribution in [3.05, 3.63) is 41.6 Å². The van der Waals surface area contributed by atoms with Crippen molar-refractivity contribution < 1.29 is 19.1 Å². The van der Waals surface area contributed by atoms with Gasteiger partial charge in [0.15, 0.2) is 0 Å². The highest BCUT2D eigenvalue weighted by Gasteiger charge is 2.32. The van der Waals surface area contributed by atoms with Crippen LogP contribution in [-0.4, -0.2) is 79.3 Å². The van der Waals surface area contributed by atoms with Crippen molar-refractivity contribution in [1.29, 1.82) is 0 Å². The molecule has 4 heterocycles. The zero-order valence-electron chi connectivity index (χ0n) is 18.5. The molecule has 1 aliphatic heterocycles. The van der Waals surface area contributed by atoms with Gasteiger partial charge in [-0.2, -0.15) is 0 Å². The van der Waals surface area contributed by atoms with Gasteiger partial charge in [0.25, 0.3) is 11.7 Å². The SMILES string of the molecule is CC(C)(C)OC(=O)N1CCN(C(=O)C(=O)c2c[nH]c3c(-c4cnccn4)ncc(Cl)c23)CC1. The average Bonchev–Trinajstić information content (AvgIpc) is 3.24. The minimum atomic E-state index is -0.690. The summed E-state index contributed by atoms with van der Waals surface area (Å²) in [6, 6.07) is 0. The van der Waals surface area contributed by atoms with Gasteiger partial charge in [-0.3, -0.25) is 24.5 Å². The number of aromatic nitrogens is 4. The summed E-state index contributed by atoms with van der Waals surface area (Å²) in [5.41, 5.74) is 1.02. The first-order valence-corrected chi connectivity index (χ1v) is 10.8. The summed E-state index contributed by atoms with van der Waals surface area (Å²) in [6.45, 7) is 6.40. The van der Waals surface area contributed by atoms with E-state index < -0.39 is 23.4 Å². The van der Waals surface area contributed by atoms with Gasteiger partial charge in [-0.05, 0) is 20.8 Å². The van der Waals surface area contributed by atoms with Crippen molar-refractivity contribution in [3.8, 4) is 11.4 Å². The van der Waals surface area contributed by atoms with Gasteiger partial charge in [0.2, 0.25) is 0 Å². The second-order valence-corrected chi connectivity index (χ2v) is 8.99. The van der Waals surface area contributed by atoms with Gasteiger partial charge in [-0.15, -0.1) is 0 Å². The van der Waals surface area contributed by atoms with E-state index >= 15 is 0 Å². The first-order valence-electron chi connectivity index (χ1n) is 10.4. The molecule has 0 aliphatic carbocycles. The van der Waals surface area contributed by atoms with Crippen LogP contribution in [0.25, 0.3) is 22.3 Å². The number of nitrogens with zero attached hydrogens (tertiary/aromatic N) is 5. The number of ether oxygens (including phenoxy) is 1. The molecule has 1 saturated heterocycles. The van der Waals surface area contributed by atoms with Crippen LogP contribution < -0.4 is 0 Å². The number of Topliss-reactive ketones (excluding diaryl/α,β-unsaturated/α-hetero) is 1. The summed E-state index contributed by atoms with van der Waals surface area (Å²) >= 11 is 6.35. The number of carbonyl (C=O) groups is 3. The first-order chi connectivity index (χ1) is 15.7. The Bertz CT molecular complexity index is 1210. The second-order valence-electron chi connectivity index (χ2n) is 8.59. The van der Waals surface area contributed by atoms with Crippen LogP contribution in [0, 0.1) is 0 Å². The van der Waals surface area contributed by atoms with E-state index in [1.807, 2.05) is 0 Å². The Morgan fingerprint density at radius 1 is 1.03 bits per heavy atom. The number of hydrogen-bond donors (Lipinski definition) is 1. The van der Waals surface area contributed by atoms with Crippen LogP contribution in [0.4, 0.5) is 4.79 Å². The van der Waals surface area contributed by atoms with Gasteiger partial charge in [-0.25, -0.2) is 4.79 Å². The molecule has 4 rings (SSSR count). The highest BCUT2D eigenvalue weighted by atomic mass is 35.5. The fourth-order valence-corrected chi connectivity index (χ4v) is 3.83. The number of pyridine rings is 1. The van der Waals surface area contributed by atoms with Crippen molar-refractivity contribution >= 4 is 40.3 Å². The number of nitrogens with one attached hydrogen (secondary N) is 1. The fourth-order valence-electron chi connectivity index (χ4n) is 3.58. The largest absolute Gasteiger partial charge is 0.444 e. The third kappa shape index (κ3) is 4.65. The summed E-state index contributed by atoms with van der Waals surface area (Å²) in [6.07, 6.45) is 7.06. The van der Waals surface area contributed by atoms with E-state index in [-0.39, 0.29) is 36.8 Å². The van der Waals surface area contributed by atoms with Gasteiger partial charge >= 0.3 is 6.09 Å². The molecule has 1 fully saturated rings. The number of fused-ring (bicyclic) bond motifs is 1. The lowest BCUT2D eigenvalue weighted by Gasteiger charge is -2.35. The average molecular weight is 471 g/mol. The van der Waals surface area contributed by atoms with Gasteiger partial charge < -0.3 is 19.5 Å². The zero-order valence-corrected chi connectivity index (χ0v) is 19.2. The molecule has 0 bridgehead atoms. The standard InChI is InChI=1S/C22H23ClN6O4/c1-22(2,3)33-21(32)29-8-6-28(7-9-29)20(31)19(30)13-10-26-18-16(13)14(23)11-27-17(18)15-12-24-4-5-25-15/h4-5,10-12,26H,6-9H2,1-3H3. The number of H-pyrrole nitrogens is 1. The molecule has 172 valence electrons. The quantitative estimate of drug-likeness (QED) is 0.461. The Hall–Kier alpha value is -3.53. The minimum Gasteiger partial charge on any atom is -0.444 e. The van der Waals surface area contributed by atoms with Gasteiger partial charge in [0.1, 0.15) is 17.0 Å². The maximum atomic E-state index is 13.1. The third-order valence-corrected chi connectivity index (χ3v) is 5.41. The molecule has 0 aromatic carbocycles. The summed E-state index contributed by atoms with van der Waals surface area (Å²) in [5.74, 6) is -1.35. The minimum absolute atomic E-state index is 0.155. The number of carbonyl (C=O) groups excluding carboxylic acids is 3. The van der Waals surface area contributed by atoms with Crippen molar-refractivity contribution in [1.82, 2.24) is 29.7 Å². The van der Waals surface area contributed by atoms with E-state index in [2.05, 4.69) is 19.9 Å². The Balaban J connectivity index is 1.53. The molecule has 33 heavy (non-hydrogen) atoms. The van der Waals surface area contributed by atoms with E-state index in [0.717, 1.165) is 0 Å². The maximum Gasteiger partial charge on any atom is 0.410 e. The lowest BCUT2D eigenvalue weighted by atomic mass is 10.1. The van der Waals surface area contributed by atoms with E-state index in [1.165, 1.54) is 28.4 Å². The number of aromatic amines is 1. The van der Waals surface area contributed by atoms with E-state index in [1.54, 1.807) is 33.2 Å². The number of amides is 2. The smallest absolute Gasteiger partial charge is 0.410 e. The third-order valence-electron chi connectivity index (χ3n) is 5.13. The first kappa shape index (κ1) is 22.7. The molecule has 0 unspecified atom stereocenters. The maximum absolute atomic E-state index is 13.1. The molecule has 0 radical (unpaired) electrons. The molecule has 1 N–H and O–H groups in total. The molecule has 0 spiro atoms. The predicted octanol–water partition coefficient (Wildman–Crippen LogP) is 2.94. The lowest BCUT2D eigenvalue weighted by molar-refractivity contribution is -0.128. The van der Waals surface area contributed by atoms with Crippen molar-refractivity contribution in [2.24, 2.45) is 0 Å². The Morgan fingerprint density at radius 2 is 1.73 bits per heavy atom. The number of ketones is 1. The Kier molecular flexibility index (Phi) is 6.03. The van der Waals surface area contributed by atoms with Crippen molar-refractivity contribution in [2.45, 2.75) is 26.4 Å². The molecule has 3 aromatic heterocycles. The van der Waals surface area contributed by atoms with E-state index in [4.69, 9.17) is 16.3 Å². The van der Waals surface area contributed by atoms with Gasteiger partial charge in [0.05, 0.1) is 22.3 Å². The molecular formula is C22H23ClN6O4. The highest BCUT2D eigenvalue weighted by Crippen LogP contribution is 2.32. The Morgan fingerprint density at radius 3 is 2.36 bits per heavy atom. The van der Waals surface area contributed by atoms with Crippen molar-refractivity contribution in [2.75, 3.05) is 26.2 Å². The molecule has 0 atom stereocenters. The van der Waals surface area contributed by atoms with Crippen LogP contribution in [0.3, 0.4) is 0 Å². The molecule has 11 heteroatoms. The molecular weight excluding hydrogens is 448 g/mol. The van der Waals surface area contributed by atoms with Crippen LogP contribution in [0.2, 0.25) is 5.02 Å². The monoisotopic (exact) mass is 470 g/mol. The van der Waals surface area contributed by atoms with E-state index in [0.29, 0.717) is 22.3 Å². The normalized spacial score (nSPS) is 14.4. The summed E-state index contributed by atoms with van der Waals surface area (Å²) < 4.78 is 5.37. The topological polar surface area (TPSA) is 121 Å². The Labute approximate surface area is 194 Å². The fraction of sp³-hybridized carbons (Fsp3) is 0.364. The molecule has 10 nitrogen and oxygen atoms in total. The number of rotatable bonds is 3. The van der Waals surface area contributed by atoms with Crippen LogP contribution >= 0.6 is 11.6 Å². The number of piperazine rings is 1. The van der Waals surface area contributed by atoms with Crippen LogP contribution in [0.5, 0.6) is 0 Å². The lowest BCUT2D eigenvalue weighted by Crippen LogP contribution is -2.53.